The Morgan fingerprint density at radius 3 is 2.00 bits per heavy atom. The van der Waals surface area contributed by atoms with E-state index in [1.165, 1.54) is 38.5 Å². The lowest BCUT2D eigenvalue weighted by Crippen LogP contribution is -2.05. The minimum atomic E-state index is -4.57. The van der Waals surface area contributed by atoms with Crippen LogP contribution in [0.2, 0.25) is 0 Å². The number of hydrogen-bond acceptors (Lipinski definition) is 4. The summed E-state index contributed by atoms with van der Waals surface area (Å²) < 4.78 is 39.0. The maximum absolute atomic E-state index is 11.9. The van der Waals surface area contributed by atoms with Gasteiger partial charge in [-0.1, -0.05) is 82.6 Å². The first-order valence-electron chi connectivity index (χ1n) is 10.5. The highest BCUT2D eigenvalue weighted by molar-refractivity contribution is 7.86. The van der Waals surface area contributed by atoms with E-state index in [1.54, 1.807) is 36.4 Å². The molecule has 2 N–H and O–H groups in total. The number of benzene rings is 2. The van der Waals surface area contributed by atoms with Crippen LogP contribution >= 0.6 is 0 Å². The summed E-state index contributed by atoms with van der Waals surface area (Å²) in [6, 6.07) is 11.9. The highest BCUT2D eigenvalue weighted by atomic mass is 32.2. The van der Waals surface area contributed by atoms with Crippen LogP contribution in [0.4, 0.5) is 0 Å². The summed E-state index contributed by atoms with van der Waals surface area (Å²) in [5, 5.41) is 10.4. The number of phenolic OH excluding ortho intramolecular Hbond substituents is 1. The molecule has 0 saturated carbocycles. The van der Waals surface area contributed by atoms with Crippen molar-refractivity contribution >= 4 is 10.1 Å². The maximum Gasteiger partial charge on any atom is 0.298 e. The Labute approximate surface area is 174 Å². The maximum atomic E-state index is 11.9. The van der Waals surface area contributed by atoms with E-state index in [9.17, 15) is 18.1 Å². The van der Waals surface area contributed by atoms with Gasteiger partial charge in [-0.3, -0.25) is 4.55 Å². The van der Waals surface area contributed by atoms with Crippen molar-refractivity contribution in [3.8, 4) is 17.2 Å². The zero-order valence-electron chi connectivity index (χ0n) is 17.1. The first kappa shape index (κ1) is 23.2. The van der Waals surface area contributed by atoms with E-state index < -0.39 is 20.8 Å². The molecular formula is C23H32O5S. The molecule has 0 spiro atoms. The van der Waals surface area contributed by atoms with E-state index in [4.69, 9.17) is 4.74 Å². The van der Waals surface area contributed by atoms with E-state index in [0.717, 1.165) is 19.3 Å². The molecule has 0 aliphatic rings. The van der Waals surface area contributed by atoms with Crippen LogP contribution < -0.4 is 4.74 Å². The summed E-state index contributed by atoms with van der Waals surface area (Å²) in [7, 11) is -4.57. The predicted octanol–water partition coefficient (Wildman–Crippen LogP) is 6.50. The standard InChI is InChI=1S/C23H32O5S/c1-2-3-4-5-6-7-8-9-11-14-19-17-18-21(22(24)23(19)29(25,26)27)28-20-15-12-10-13-16-20/h10,12-13,15-18,24H,2-9,11,14H2,1H3,(H,25,26,27). The van der Waals surface area contributed by atoms with Crippen LogP contribution in [0.3, 0.4) is 0 Å². The van der Waals surface area contributed by atoms with Gasteiger partial charge in [0.2, 0.25) is 0 Å². The second-order valence-corrected chi connectivity index (χ2v) is 8.73. The quantitative estimate of drug-likeness (QED) is 0.285. The second kappa shape index (κ2) is 11.8. The van der Waals surface area contributed by atoms with Gasteiger partial charge in [-0.05, 0) is 36.6 Å². The molecule has 160 valence electrons. The first-order chi connectivity index (χ1) is 13.9. The van der Waals surface area contributed by atoms with Crippen molar-refractivity contribution in [2.45, 2.75) is 76.0 Å². The summed E-state index contributed by atoms with van der Waals surface area (Å²) in [4.78, 5) is -0.453. The van der Waals surface area contributed by atoms with Crippen molar-refractivity contribution in [3.05, 3.63) is 48.0 Å². The number of aryl methyl sites for hydroxylation is 1. The molecule has 6 heteroatoms. The molecule has 2 aromatic rings. The summed E-state index contributed by atoms with van der Waals surface area (Å²) in [5.41, 5.74) is 0.411. The Kier molecular flexibility index (Phi) is 9.48. The number of hydrogen-bond donors (Lipinski definition) is 2. The third kappa shape index (κ3) is 7.71. The minimum Gasteiger partial charge on any atom is -0.503 e. The van der Waals surface area contributed by atoms with Gasteiger partial charge in [-0.25, -0.2) is 0 Å². The van der Waals surface area contributed by atoms with Gasteiger partial charge in [-0.2, -0.15) is 8.42 Å². The van der Waals surface area contributed by atoms with Gasteiger partial charge in [0.15, 0.2) is 11.5 Å². The fraction of sp³-hybridized carbons (Fsp3) is 0.478. The lowest BCUT2D eigenvalue weighted by molar-refractivity contribution is 0.394. The molecule has 0 atom stereocenters. The Balaban J connectivity index is 1.96. The van der Waals surface area contributed by atoms with Crippen LogP contribution in [0, 0.1) is 0 Å². The first-order valence-corrected chi connectivity index (χ1v) is 11.9. The molecule has 0 aliphatic carbocycles. The highest BCUT2D eigenvalue weighted by Crippen LogP contribution is 2.38. The Bertz CT molecular complexity index is 847. The molecule has 0 radical (unpaired) electrons. The van der Waals surface area contributed by atoms with E-state index in [-0.39, 0.29) is 5.75 Å². The highest BCUT2D eigenvalue weighted by Gasteiger charge is 2.24. The van der Waals surface area contributed by atoms with Crippen molar-refractivity contribution in [1.29, 1.82) is 0 Å². The van der Waals surface area contributed by atoms with Gasteiger partial charge < -0.3 is 9.84 Å². The van der Waals surface area contributed by atoms with Gasteiger partial charge in [0.25, 0.3) is 10.1 Å². The van der Waals surface area contributed by atoms with E-state index >= 15 is 0 Å². The number of unbranched alkanes of at least 4 members (excludes halogenated alkanes) is 8. The lowest BCUT2D eigenvalue weighted by Gasteiger charge is -2.13. The fourth-order valence-corrected chi connectivity index (χ4v) is 4.25. The number of rotatable bonds is 13. The normalized spacial score (nSPS) is 11.5. The van der Waals surface area contributed by atoms with Gasteiger partial charge in [0.05, 0.1) is 0 Å². The zero-order valence-corrected chi connectivity index (χ0v) is 18.0. The molecule has 0 fully saturated rings. The lowest BCUT2D eigenvalue weighted by atomic mass is 10.0. The van der Waals surface area contributed by atoms with Gasteiger partial charge in [0, 0.05) is 0 Å². The van der Waals surface area contributed by atoms with Crippen molar-refractivity contribution in [2.75, 3.05) is 0 Å². The third-order valence-corrected chi connectivity index (χ3v) is 5.93. The molecule has 5 nitrogen and oxygen atoms in total. The molecule has 0 aromatic heterocycles. The topological polar surface area (TPSA) is 83.8 Å². The smallest absolute Gasteiger partial charge is 0.298 e. The van der Waals surface area contributed by atoms with Crippen LogP contribution in [0.1, 0.15) is 70.3 Å². The van der Waals surface area contributed by atoms with E-state index in [0.29, 0.717) is 17.7 Å². The molecule has 0 saturated heterocycles. The number of aromatic hydroxyl groups is 1. The third-order valence-electron chi connectivity index (χ3n) is 4.95. The molecule has 2 aromatic carbocycles. The average molecular weight is 421 g/mol. The molecule has 0 amide bonds. The van der Waals surface area contributed by atoms with Crippen LogP contribution in [-0.2, 0) is 16.5 Å². The number of phenols is 1. The molecule has 0 heterocycles. The molecule has 0 unspecified atom stereocenters. The van der Waals surface area contributed by atoms with Gasteiger partial charge in [0.1, 0.15) is 10.6 Å². The van der Waals surface area contributed by atoms with Crippen molar-refractivity contribution in [3.63, 3.8) is 0 Å². The average Bonchev–Trinajstić information content (AvgIpc) is 2.68. The Morgan fingerprint density at radius 1 is 0.828 bits per heavy atom. The predicted molar refractivity (Wildman–Crippen MR) is 115 cm³/mol. The van der Waals surface area contributed by atoms with Crippen LogP contribution in [-0.4, -0.2) is 18.1 Å². The fourth-order valence-electron chi connectivity index (χ4n) is 3.40. The van der Waals surface area contributed by atoms with Crippen molar-refractivity contribution in [1.82, 2.24) is 0 Å². The van der Waals surface area contributed by atoms with Crippen LogP contribution in [0.25, 0.3) is 0 Å². The molecular weight excluding hydrogens is 388 g/mol. The monoisotopic (exact) mass is 420 g/mol. The Morgan fingerprint density at radius 2 is 1.41 bits per heavy atom. The van der Waals surface area contributed by atoms with E-state index in [2.05, 4.69) is 6.92 Å². The van der Waals surface area contributed by atoms with E-state index in [1.807, 2.05) is 6.07 Å². The summed E-state index contributed by atoms with van der Waals surface area (Å²) in [5.74, 6) is -0.0831. The van der Waals surface area contributed by atoms with Crippen LogP contribution in [0.15, 0.2) is 47.4 Å². The SMILES string of the molecule is CCCCCCCCCCCc1ccc(Oc2ccccc2)c(O)c1S(=O)(=O)O. The van der Waals surface area contributed by atoms with Crippen LogP contribution in [0.5, 0.6) is 17.2 Å². The zero-order chi connectivity index (χ0) is 21.1. The van der Waals surface area contributed by atoms with Gasteiger partial charge >= 0.3 is 0 Å². The second-order valence-electron chi connectivity index (χ2n) is 7.37. The summed E-state index contributed by atoms with van der Waals surface area (Å²) in [6.07, 6.45) is 10.9. The largest absolute Gasteiger partial charge is 0.503 e. The molecule has 2 rings (SSSR count). The number of ether oxygens (including phenoxy) is 1. The van der Waals surface area contributed by atoms with Crippen molar-refractivity contribution in [2.24, 2.45) is 0 Å². The minimum absolute atomic E-state index is 0.000320. The van der Waals surface area contributed by atoms with Crippen molar-refractivity contribution < 1.29 is 22.8 Å². The Hall–Kier alpha value is -2.05. The van der Waals surface area contributed by atoms with Gasteiger partial charge in [-0.15, -0.1) is 0 Å². The summed E-state index contributed by atoms with van der Waals surface area (Å²) in [6.45, 7) is 2.21. The molecule has 0 bridgehead atoms. The number of para-hydroxylation sites is 1. The molecule has 29 heavy (non-hydrogen) atoms. The molecule has 0 aliphatic heterocycles. The summed E-state index contributed by atoms with van der Waals surface area (Å²) >= 11 is 0.